The number of nitrogens with two attached hydrogens (primary N) is 2. The Labute approximate surface area is 173 Å². The molecule has 1 aliphatic heterocycles. The molecule has 1 saturated heterocycles. The summed E-state index contributed by atoms with van der Waals surface area (Å²) >= 11 is 1.52. The second-order valence-electron chi connectivity index (χ2n) is 6.70. The van der Waals surface area contributed by atoms with Gasteiger partial charge in [-0.15, -0.1) is 0 Å². The second-order valence-corrected chi connectivity index (χ2v) is 7.69. The number of hydrogen-bond donors (Lipinski definition) is 5. The van der Waals surface area contributed by atoms with Crippen molar-refractivity contribution < 1.29 is 29.1 Å². The number of aliphatic carboxylic acids is 1. The lowest BCUT2D eigenvalue weighted by Gasteiger charge is -2.29. The van der Waals surface area contributed by atoms with Crippen LogP contribution in [0.1, 0.15) is 32.1 Å². The van der Waals surface area contributed by atoms with Crippen LogP contribution in [-0.2, 0) is 24.0 Å². The van der Waals surface area contributed by atoms with E-state index in [-0.39, 0.29) is 19.4 Å². The van der Waals surface area contributed by atoms with Crippen LogP contribution in [0.2, 0.25) is 0 Å². The molecule has 3 atom stereocenters. The minimum absolute atomic E-state index is 0.139. The van der Waals surface area contributed by atoms with Gasteiger partial charge < -0.3 is 32.1 Å². The van der Waals surface area contributed by atoms with Crippen LogP contribution in [0, 0.1) is 0 Å². The highest BCUT2D eigenvalue weighted by atomic mass is 32.2. The Bertz CT molecular complexity index is 631. The summed E-state index contributed by atoms with van der Waals surface area (Å²) < 4.78 is 0. The summed E-state index contributed by atoms with van der Waals surface area (Å²) in [7, 11) is 0. The molecule has 0 aromatic carbocycles. The molecule has 0 spiro atoms. The molecule has 0 radical (unpaired) electrons. The monoisotopic (exact) mass is 431 g/mol. The molecule has 11 nitrogen and oxygen atoms in total. The van der Waals surface area contributed by atoms with Crippen molar-refractivity contribution in [3.8, 4) is 0 Å². The molecule has 164 valence electrons. The summed E-state index contributed by atoms with van der Waals surface area (Å²) in [6.07, 6.45) is 2.87. The molecule has 0 aromatic rings. The minimum atomic E-state index is -1.29. The van der Waals surface area contributed by atoms with Gasteiger partial charge >= 0.3 is 5.97 Å². The normalized spacial score (nSPS) is 18.0. The predicted molar refractivity (Wildman–Crippen MR) is 107 cm³/mol. The topological polar surface area (TPSA) is 185 Å². The van der Waals surface area contributed by atoms with Gasteiger partial charge in [0.05, 0.1) is 6.54 Å². The van der Waals surface area contributed by atoms with Crippen LogP contribution in [0.4, 0.5) is 0 Å². The Kier molecular flexibility index (Phi) is 10.5. The number of nitrogens with one attached hydrogen (secondary N) is 2. The number of nitrogens with zero attached hydrogens (tertiary/aromatic N) is 1. The van der Waals surface area contributed by atoms with Gasteiger partial charge in [0.15, 0.2) is 0 Å². The first kappa shape index (κ1) is 24.7. The third-order valence-corrected chi connectivity index (χ3v) is 5.21. The number of carboxylic acid groups (broad SMARTS) is 1. The number of thioether (sulfide) groups is 1. The fourth-order valence-electron chi connectivity index (χ4n) is 3.06. The van der Waals surface area contributed by atoms with Crippen molar-refractivity contribution in [1.29, 1.82) is 0 Å². The standard InChI is InChI=1S/C17H29N5O6S/c1-29-8-6-10(20-14(24)9-18)16(26)22-7-2-3-12(22)15(25)21-11(17(27)28)4-5-13(19)23/h10-12H,2-9,18H2,1H3,(H2,19,23)(H,20,24)(H,21,25)(H,27,28). The molecule has 0 bridgehead atoms. The summed E-state index contributed by atoms with van der Waals surface area (Å²) in [6.45, 7) is 0.0668. The maximum atomic E-state index is 13.0. The SMILES string of the molecule is CSCCC(NC(=O)CN)C(=O)N1CCCC1C(=O)NC(CCC(N)=O)C(=O)O. The number of carboxylic acids is 1. The Morgan fingerprint density at radius 2 is 1.86 bits per heavy atom. The van der Waals surface area contributed by atoms with Crippen molar-refractivity contribution in [2.75, 3.05) is 25.1 Å². The van der Waals surface area contributed by atoms with E-state index < -0.39 is 47.7 Å². The van der Waals surface area contributed by atoms with Crippen LogP contribution >= 0.6 is 11.8 Å². The van der Waals surface area contributed by atoms with E-state index in [1.54, 1.807) is 0 Å². The molecule has 0 saturated carbocycles. The number of rotatable bonds is 12. The molecule has 1 fully saturated rings. The Morgan fingerprint density at radius 1 is 1.17 bits per heavy atom. The number of hydrogen-bond acceptors (Lipinski definition) is 7. The van der Waals surface area contributed by atoms with Gasteiger partial charge in [0.25, 0.3) is 0 Å². The summed E-state index contributed by atoms with van der Waals surface area (Å²) in [5, 5.41) is 14.2. The smallest absolute Gasteiger partial charge is 0.326 e. The van der Waals surface area contributed by atoms with Crippen LogP contribution in [-0.4, -0.2) is 82.8 Å². The quantitative estimate of drug-likeness (QED) is 0.235. The molecule has 7 N–H and O–H groups in total. The van der Waals surface area contributed by atoms with Crippen molar-refractivity contribution in [2.45, 2.75) is 50.2 Å². The lowest BCUT2D eigenvalue weighted by Crippen LogP contribution is -2.56. The van der Waals surface area contributed by atoms with Gasteiger partial charge in [-0.2, -0.15) is 11.8 Å². The molecular weight excluding hydrogens is 402 g/mol. The zero-order chi connectivity index (χ0) is 22.0. The zero-order valence-corrected chi connectivity index (χ0v) is 17.2. The zero-order valence-electron chi connectivity index (χ0n) is 16.4. The van der Waals surface area contributed by atoms with Crippen molar-refractivity contribution in [3.63, 3.8) is 0 Å². The van der Waals surface area contributed by atoms with Crippen LogP contribution in [0.5, 0.6) is 0 Å². The summed E-state index contributed by atoms with van der Waals surface area (Å²) in [6, 6.07) is -2.93. The largest absolute Gasteiger partial charge is 0.480 e. The van der Waals surface area contributed by atoms with Crippen LogP contribution < -0.4 is 22.1 Å². The highest BCUT2D eigenvalue weighted by Crippen LogP contribution is 2.20. The van der Waals surface area contributed by atoms with Crippen LogP contribution in [0.25, 0.3) is 0 Å². The Hall–Kier alpha value is -2.34. The number of carbonyl (C=O) groups is 5. The second kappa shape index (κ2) is 12.3. The fourth-order valence-corrected chi connectivity index (χ4v) is 3.53. The first-order valence-electron chi connectivity index (χ1n) is 9.31. The van der Waals surface area contributed by atoms with Gasteiger partial charge in [0, 0.05) is 13.0 Å². The van der Waals surface area contributed by atoms with Crippen molar-refractivity contribution in [2.24, 2.45) is 11.5 Å². The average molecular weight is 432 g/mol. The first-order valence-corrected chi connectivity index (χ1v) is 10.7. The van der Waals surface area contributed by atoms with Gasteiger partial charge in [-0.05, 0) is 37.7 Å². The van der Waals surface area contributed by atoms with E-state index in [1.807, 2.05) is 6.26 Å². The molecule has 1 aliphatic rings. The van der Waals surface area contributed by atoms with E-state index in [2.05, 4.69) is 10.6 Å². The molecule has 3 unspecified atom stereocenters. The first-order chi connectivity index (χ1) is 13.7. The third-order valence-electron chi connectivity index (χ3n) is 4.56. The van der Waals surface area contributed by atoms with Gasteiger partial charge in [0.1, 0.15) is 18.1 Å². The molecule has 0 aromatic heterocycles. The molecular formula is C17H29N5O6S. The molecule has 4 amide bonds. The van der Waals surface area contributed by atoms with Crippen molar-refractivity contribution in [3.05, 3.63) is 0 Å². The number of likely N-dealkylation sites (tertiary alicyclic amines) is 1. The van der Waals surface area contributed by atoms with E-state index >= 15 is 0 Å². The van der Waals surface area contributed by atoms with E-state index in [1.165, 1.54) is 16.7 Å². The molecule has 1 rings (SSSR count). The maximum Gasteiger partial charge on any atom is 0.326 e. The van der Waals surface area contributed by atoms with Crippen molar-refractivity contribution in [1.82, 2.24) is 15.5 Å². The molecule has 0 aliphatic carbocycles. The lowest BCUT2D eigenvalue weighted by atomic mass is 10.1. The Morgan fingerprint density at radius 3 is 2.41 bits per heavy atom. The molecule has 1 heterocycles. The van der Waals surface area contributed by atoms with E-state index in [0.717, 1.165) is 0 Å². The van der Waals surface area contributed by atoms with E-state index in [0.29, 0.717) is 31.6 Å². The summed E-state index contributed by atoms with van der Waals surface area (Å²) in [5.41, 5.74) is 10.4. The predicted octanol–water partition coefficient (Wildman–Crippen LogP) is -1.99. The Balaban J connectivity index is 2.85. The van der Waals surface area contributed by atoms with E-state index in [9.17, 15) is 29.1 Å². The summed E-state index contributed by atoms with van der Waals surface area (Å²) in [5.74, 6) is -2.81. The van der Waals surface area contributed by atoms with Gasteiger partial charge in [-0.1, -0.05) is 0 Å². The maximum absolute atomic E-state index is 13.0. The number of primary amides is 1. The highest BCUT2D eigenvalue weighted by Gasteiger charge is 2.38. The fraction of sp³-hybridized carbons (Fsp3) is 0.706. The average Bonchev–Trinajstić information content (AvgIpc) is 3.16. The summed E-state index contributed by atoms with van der Waals surface area (Å²) in [4.78, 5) is 60.9. The van der Waals surface area contributed by atoms with Crippen molar-refractivity contribution >= 4 is 41.4 Å². The van der Waals surface area contributed by atoms with Gasteiger partial charge in [-0.3, -0.25) is 19.2 Å². The van der Waals surface area contributed by atoms with Crippen LogP contribution in [0.15, 0.2) is 0 Å². The number of amides is 4. The number of carbonyl (C=O) groups excluding carboxylic acids is 4. The van der Waals surface area contributed by atoms with Gasteiger partial charge in [-0.25, -0.2) is 4.79 Å². The molecule has 29 heavy (non-hydrogen) atoms. The van der Waals surface area contributed by atoms with Crippen LogP contribution in [0.3, 0.4) is 0 Å². The third kappa shape index (κ3) is 7.89. The van der Waals surface area contributed by atoms with Gasteiger partial charge in [0.2, 0.25) is 23.6 Å². The highest BCUT2D eigenvalue weighted by molar-refractivity contribution is 7.98. The van der Waals surface area contributed by atoms with E-state index in [4.69, 9.17) is 11.5 Å². The minimum Gasteiger partial charge on any atom is -0.480 e. The lowest BCUT2D eigenvalue weighted by molar-refractivity contribution is -0.145. The molecule has 12 heteroatoms.